The zero-order chi connectivity index (χ0) is 15.4. The second-order valence-corrected chi connectivity index (χ2v) is 4.63. The number of aryl methyl sites for hydroxylation is 1. The lowest BCUT2D eigenvalue weighted by atomic mass is 10.2. The molecule has 0 atom stereocenters. The Hall–Kier alpha value is -3.09. The zero-order valence-electron chi connectivity index (χ0n) is 12.0. The van der Waals surface area contributed by atoms with Gasteiger partial charge >= 0.3 is 0 Å². The molecule has 0 saturated carbocycles. The van der Waals surface area contributed by atoms with E-state index in [0.717, 1.165) is 17.1 Å². The highest BCUT2D eigenvalue weighted by Crippen LogP contribution is 2.16. The molecule has 0 fully saturated rings. The fourth-order valence-corrected chi connectivity index (χ4v) is 2.04. The summed E-state index contributed by atoms with van der Waals surface area (Å²) >= 11 is 0. The smallest absolute Gasteiger partial charge is 0.271 e. The largest absolute Gasteiger partial charge is 0.345 e. The van der Waals surface area contributed by atoms with Crippen LogP contribution in [0, 0.1) is 0 Å². The van der Waals surface area contributed by atoms with Crippen molar-refractivity contribution in [2.45, 2.75) is 6.54 Å². The lowest BCUT2D eigenvalue weighted by Crippen LogP contribution is -2.24. The van der Waals surface area contributed by atoms with E-state index in [0.29, 0.717) is 6.54 Å². The second-order valence-electron chi connectivity index (χ2n) is 4.63. The minimum absolute atomic E-state index is 0.280. The second kappa shape index (κ2) is 6.13. The highest BCUT2D eigenvalue weighted by Gasteiger charge is 2.11. The molecule has 3 heterocycles. The molecule has 1 amide bonds. The molecule has 7 nitrogen and oxygen atoms in total. The van der Waals surface area contributed by atoms with Gasteiger partial charge in [-0.3, -0.25) is 19.4 Å². The summed E-state index contributed by atoms with van der Waals surface area (Å²) in [5.41, 5.74) is 2.76. The van der Waals surface area contributed by atoms with Crippen LogP contribution in [0.5, 0.6) is 0 Å². The summed E-state index contributed by atoms with van der Waals surface area (Å²) in [5, 5.41) is 7.15. The number of carbonyl (C=O) groups is 1. The Labute approximate surface area is 127 Å². The zero-order valence-corrected chi connectivity index (χ0v) is 12.0. The van der Waals surface area contributed by atoms with Gasteiger partial charge in [-0.25, -0.2) is 4.98 Å². The summed E-state index contributed by atoms with van der Waals surface area (Å²) in [7, 11) is 1.85. The van der Waals surface area contributed by atoms with E-state index >= 15 is 0 Å². The molecule has 0 bridgehead atoms. The Bertz CT molecular complexity index is 769. The number of hydrogen-bond acceptors (Lipinski definition) is 5. The van der Waals surface area contributed by atoms with E-state index in [1.54, 1.807) is 10.9 Å². The normalized spacial score (nSPS) is 10.4. The number of aromatic nitrogens is 5. The molecule has 110 valence electrons. The van der Waals surface area contributed by atoms with Crippen molar-refractivity contribution in [3.63, 3.8) is 0 Å². The van der Waals surface area contributed by atoms with Crippen LogP contribution in [0.2, 0.25) is 0 Å². The van der Waals surface area contributed by atoms with E-state index in [9.17, 15) is 4.79 Å². The molecule has 0 aromatic carbocycles. The highest BCUT2D eigenvalue weighted by atomic mass is 16.1. The average Bonchev–Trinajstić information content (AvgIpc) is 2.95. The van der Waals surface area contributed by atoms with E-state index in [2.05, 4.69) is 25.4 Å². The molecule has 0 aliphatic heterocycles. The van der Waals surface area contributed by atoms with Crippen LogP contribution in [0.1, 0.15) is 16.2 Å². The van der Waals surface area contributed by atoms with E-state index in [1.807, 2.05) is 31.3 Å². The summed E-state index contributed by atoms with van der Waals surface area (Å²) < 4.78 is 1.74. The van der Waals surface area contributed by atoms with Crippen LogP contribution < -0.4 is 5.32 Å². The van der Waals surface area contributed by atoms with Crippen molar-refractivity contribution in [3.05, 3.63) is 60.4 Å². The molecule has 0 aliphatic rings. The number of pyridine rings is 1. The maximum absolute atomic E-state index is 11.9. The Kier molecular flexibility index (Phi) is 3.86. The first kappa shape index (κ1) is 13.9. The Morgan fingerprint density at radius 3 is 2.86 bits per heavy atom. The fraction of sp³-hybridized carbons (Fsp3) is 0.133. The third-order valence-electron chi connectivity index (χ3n) is 3.08. The van der Waals surface area contributed by atoms with Crippen LogP contribution in [0.25, 0.3) is 11.4 Å². The summed E-state index contributed by atoms with van der Waals surface area (Å²) in [5.74, 6) is -0.280. The molecule has 0 unspecified atom stereocenters. The number of rotatable bonds is 4. The van der Waals surface area contributed by atoms with Crippen LogP contribution in [-0.4, -0.2) is 30.6 Å². The van der Waals surface area contributed by atoms with Gasteiger partial charge in [0.1, 0.15) is 5.69 Å². The summed E-state index contributed by atoms with van der Waals surface area (Å²) in [4.78, 5) is 24.0. The molecule has 1 N–H and O–H groups in total. The topological polar surface area (TPSA) is 85.6 Å². The Balaban J connectivity index is 1.71. The van der Waals surface area contributed by atoms with Crippen molar-refractivity contribution < 1.29 is 4.79 Å². The van der Waals surface area contributed by atoms with E-state index in [1.165, 1.54) is 18.6 Å². The third kappa shape index (κ3) is 2.98. The highest BCUT2D eigenvalue weighted by molar-refractivity contribution is 5.91. The number of amides is 1. The van der Waals surface area contributed by atoms with Crippen LogP contribution in [0.15, 0.2) is 49.1 Å². The van der Waals surface area contributed by atoms with Crippen molar-refractivity contribution in [3.8, 4) is 11.4 Å². The summed E-state index contributed by atoms with van der Waals surface area (Å²) in [6.45, 7) is 0.316. The minimum Gasteiger partial charge on any atom is -0.345 e. The van der Waals surface area contributed by atoms with Gasteiger partial charge in [-0.05, 0) is 18.2 Å². The monoisotopic (exact) mass is 294 g/mol. The van der Waals surface area contributed by atoms with Crippen molar-refractivity contribution in [1.82, 2.24) is 30.0 Å². The van der Waals surface area contributed by atoms with E-state index < -0.39 is 0 Å². The minimum atomic E-state index is -0.280. The van der Waals surface area contributed by atoms with Gasteiger partial charge in [-0.1, -0.05) is 6.07 Å². The van der Waals surface area contributed by atoms with Crippen molar-refractivity contribution in [2.24, 2.45) is 7.05 Å². The van der Waals surface area contributed by atoms with Gasteiger partial charge in [-0.15, -0.1) is 0 Å². The lowest BCUT2D eigenvalue weighted by Gasteiger charge is -2.01. The first-order valence-corrected chi connectivity index (χ1v) is 6.72. The standard InChI is InChI=1S/C15H14N6O/c1-21-14(12-4-2-3-5-17-12)8-11(20-21)9-19-15(22)13-10-16-6-7-18-13/h2-8,10H,9H2,1H3,(H,19,22). The molecule has 0 radical (unpaired) electrons. The molecule has 0 spiro atoms. The van der Waals surface area contributed by atoms with Gasteiger partial charge in [0.15, 0.2) is 0 Å². The quantitative estimate of drug-likeness (QED) is 0.781. The molecule has 3 aromatic heterocycles. The molecule has 0 aliphatic carbocycles. The summed E-state index contributed by atoms with van der Waals surface area (Å²) in [6, 6.07) is 7.60. The molecule has 22 heavy (non-hydrogen) atoms. The maximum atomic E-state index is 11.9. The molecule has 3 rings (SSSR count). The number of nitrogens with zero attached hydrogens (tertiary/aromatic N) is 5. The van der Waals surface area contributed by atoms with Crippen LogP contribution in [0.3, 0.4) is 0 Å². The van der Waals surface area contributed by atoms with E-state index in [4.69, 9.17) is 0 Å². The van der Waals surface area contributed by atoms with Gasteiger partial charge < -0.3 is 5.32 Å². The molecular weight excluding hydrogens is 280 g/mol. The summed E-state index contributed by atoms with van der Waals surface area (Å²) in [6.07, 6.45) is 6.16. The van der Waals surface area contributed by atoms with Gasteiger partial charge in [0.25, 0.3) is 5.91 Å². The molecule has 3 aromatic rings. The molecule has 0 saturated heterocycles. The van der Waals surface area contributed by atoms with Crippen LogP contribution >= 0.6 is 0 Å². The Morgan fingerprint density at radius 2 is 2.14 bits per heavy atom. The molecular formula is C15H14N6O. The van der Waals surface area contributed by atoms with Crippen molar-refractivity contribution in [2.75, 3.05) is 0 Å². The lowest BCUT2D eigenvalue weighted by molar-refractivity contribution is 0.0945. The van der Waals surface area contributed by atoms with Crippen LogP contribution in [-0.2, 0) is 13.6 Å². The third-order valence-corrected chi connectivity index (χ3v) is 3.08. The SMILES string of the molecule is Cn1nc(CNC(=O)c2cnccn2)cc1-c1ccccn1. The number of carbonyl (C=O) groups excluding carboxylic acids is 1. The maximum Gasteiger partial charge on any atom is 0.271 e. The Morgan fingerprint density at radius 1 is 1.23 bits per heavy atom. The predicted molar refractivity (Wildman–Crippen MR) is 79.6 cm³/mol. The predicted octanol–water partition coefficient (Wildman–Crippen LogP) is 1.20. The first-order chi connectivity index (χ1) is 10.7. The van der Waals surface area contributed by atoms with Gasteiger partial charge in [-0.2, -0.15) is 5.10 Å². The van der Waals surface area contributed by atoms with Crippen LogP contribution in [0.4, 0.5) is 0 Å². The number of nitrogens with one attached hydrogen (secondary N) is 1. The van der Waals surface area contributed by atoms with Gasteiger partial charge in [0.05, 0.1) is 29.8 Å². The fourth-order valence-electron chi connectivity index (χ4n) is 2.04. The van der Waals surface area contributed by atoms with Crippen molar-refractivity contribution >= 4 is 5.91 Å². The van der Waals surface area contributed by atoms with Gasteiger partial charge in [0, 0.05) is 25.6 Å². The average molecular weight is 294 g/mol. The van der Waals surface area contributed by atoms with Gasteiger partial charge in [0.2, 0.25) is 0 Å². The van der Waals surface area contributed by atoms with Crippen molar-refractivity contribution in [1.29, 1.82) is 0 Å². The number of hydrogen-bond donors (Lipinski definition) is 1. The molecule has 7 heteroatoms. The first-order valence-electron chi connectivity index (χ1n) is 6.72. The van der Waals surface area contributed by atoms with E-state index in [-0.39, 0.29) is 11.6 Å².